The highest BCUT2D eigenvalue weighted by Gasteiger charge is 2.43. The first-order chi connectivity index (χ1) is 14.7. The minimum Gasteiger partial charge on any atom is -0.414 e. The normalized spacial score (nSPS) is 21.8. The van der Waals surface area contributed by atoms with E-state index in [9.17, 15) is 4.79 Å². The zero-order chi connectivity index (χ0) is 24.3. The Bertz CT molecular complexity index is 906. The Balaban J connectivity index is 2.25. The van der Waals surface area contributed by atoms with Crippen LogP contribution in [0.4, 0.5) is 5.82 Å². The standard InChI is InChI=1S/C21H36IN5O4Si/c1-14(2)25-31-16-10-18(30-17(16)12-29-32(8,9)21(3,4)5)27-11-15(22)19(24-20(27)28)23-13-26(6)7/h11,13,16-18H,10,12H2,1-9H3/b23-13+/t16-,17-,18-/m1/s1. The van der Waals surface area contributed by atoms with Crippen molar-refractivity contribution in [2.24, 2.45) is 10.1 Å². The van der Waals surface area contributed by atoms with Crippen LogP contribution in [0.5, 0.6) is 0 Å². The minimum absolute atomic E-state index is 0.0827. The molecule has 2 heterocycles. The van der Waals surface area contributed by atoms with E-state index >= 15 is 0 Å². The minimum atomic E-state index is -1.97. The van der Waals surface area contributed by atoms with Gasteiger partial charge < -0.3 is 18.9 Å². The van der Waals surface area contributed by atoms with E-state index in [4.69, 9.17) is 14.0 Å². The number of oxime groups is 1. The number of rotatable bonds is 8. The van der Waals surface area contributed by atoms with Crippen LogP contribution in [0.3, 0.4) is 0 Å². The summed E-state index contributed by atoms with van der Waals surface area (Å²) < 4.78 is 14.9. The first kappa shape index (κ1) is 26.9. The summed E-state index contributed by atoms with van der Waals surface area (Å²) in [6.07, 6.45) is 2.64. The molecular weight excluding hydrogens is 541 g/mol. The Morgan fingerprint density at radius 3 is 2.62 bits per heavy atom. The molecule has 3 atom stereocenters. The second-order valence-corrected chi connectivity index (χ2v) is 15.9. The van der Waals surface area contributed by atoms with Gasteiger partial charge in [-0.1, -0.05) is 25.9 Å². The molecule has 0 N–H and O–H groups in total. The van der Waals surface area contributed by atoms with E-state index in [1.165, 1.54) is 4.57 Å². The molecule has 0 amide bonds. The van der Waals surface area contributed by atoms with Gasteiger partial charge in [0.1, 0.15) is 12.3 Å². The molecule has 0 bridgehead atoms. The highest BCUT2D eigenvalue weighted by molar-refractivity contribution is 14.1. The Morgan fingerprint density at radius 1 is 1.41 bits per heavy atom. The first-order valence-corrected chi connectivity index (χ1v) is 14.7. The molecule has 0 aliphatic carbocycles. The number of ether oxygens (including phenoxy) is 1. The molecule has 1 aliphatic rings. The lowest BCUT2D eigenvalue weighted by Gasteiger charge is -2.37. The molecule has 0 unspecified atom stereocenters. The van der Waals surface area contributed by atoms with Crippen molar-refractivity contribution >= 4 is 48.8 Å². The van der Waals surface area contributed by atoms with Crippen LogP contribution in [0.1, 0.15) is 47.3 Å². The molecule has 0 saturated carbocycles. The van der Waals surface area contributed by atoms with Gasteiger partial charge in [-0.05, 0) is 54.6 Å². The summed E-state index contributed by atoms with van der Waals surface area (Å²) in [7, 11) is 1.75. The van der Waals surface area contributed by atoms with Crippen LogP contribution < -0.4 is 5.69 Å². The number of aromatic nitrogens is 2. The van der Waals surface area contributed by atoms with Gasteiger partial charge in [-0.15, -0.1) is 0 Å². The average Bonchev–Trinajstić information content (AvgIpc) is 3.07. The Labute approximate surface area is 205 Å². The summed E-state index contributed by atoms with van der Waals surface area (Å²) in [5.74, 6) is 0.385. The molecule has 1 fully saturated rings. The molecule has 9 nitrogen and oxygen atoms in total. The lowest BCUT2D eigenvalue weighted by atomic mass is 10.2. The Kier molecular flexibility index (Phi) is 9.04. The molecular formula is C21H36IN5O4Si. The van der Waals surface area contributed by atoms with Crippen molar-refractivity contribution in [1.29, 1.82) is 0 Å². The number of nitrogens with zero attached hydrogens (tertiary/aromatic N) is 5. The van der Waals surface area contributed by atoms with Gasteiger partial charge >= 0.3 is 5.69 Å². The van der Waals surface area contributed by atoms with Crippen molar-refractivity contribution in [1.82, 2.24) is 14.5 Å². The maximum Gasteiger partial charge on any atom is 0.351 e. The maximum absolute atomic E-state index is 12.7. The number of aliphatic imine (C=N–C) groups is 1. The first-order valence-electron chi connectivity index (χ1n) is 10.7. The van der Waals surface area contributed by atoms with Crippen molar-refractivity contribution in [3.05, 3.63) is 20.3 Å². The van der Waals surface area contributed by atoms with E-state index in [0.717, 1.165) is 9.28 Å². The molecule has 1 aromatic heterocycles. The topological polar surface area (TPSA) is 90.5 Å². The highest BCUT2D eigenvalue weighted by Crippen LogP contribution is 2.38. The molecule has 0 aromatic carbocycles. The molecule has 1 saturated heterocycles. The number of hydrogen-bond donors (Lipinski definition) is 0. The van der Waals surface area contributed by atoms with E-state index in [-0.39, 0.29) is 17.2 Å². The molecule has 2 rings (SSSR count). The summed E-state index contributed by atoms with van der Waals surface area (Å²) in [6.45, 7) is 15.1. The zero-order valence-corrected chi connectivity index (χ0v) is 23.7. The summed E-state index contributed by atoms with van der Waals surface area (Å²) in [4.78, 5) is 28.7. The van der Waals surface area contributed by atoms with Crippen LogP contribution in [0.25, 0.3) is 0 Å². The molecule has 180 valence electrons. The van der Waals surface area contributed by atoms with Gasteiger partial charge in [0, 0.05) is 26.7 Å². The largest absolute Gasteiger partial charge is 0.414 e. The molecule has 0 spiro atoms. The van der Waals surface area contributed by atoms with Gasteiger partial charge in [-0.3, -0.25) is 4.57 Å². The predicted octanol–water partition coefficient (Wildman–Crippen LogP) is 4.16. The van der Waals surface area contributed by atoms with Gasteiger partial charge in [0.2, 0.25) is 0 Å². The van der Waals surface area contributed by atoms with E-state index in [2.05, 4.69) is 71.6 Å². The quantitative estimate of drug-likeness (QED) is 0.152. The third-order valence-corrected chi connectivity index (χ3v) is 10.8. The summed E-state index contributed by atoms with van der Waals surface area (Å²) in [6, 6.07) is 0. The van der Waals surface area contributed by atoms with E-state index < -0.39 is 20.2 Å². The summed E-state index contributed by atoms with van der Waals surface area (Å²) >= 11 is 2.13. The van der Waals surface area contributed by atoms with Crippen molar-refractivity contribution in [2.75, 3.05) is 20.7 Å². The lowest BCUT2D eigenvalue weighted by Crippen LogP contribution is -2.44. The smallest absolute Gasteiger partial charge is 0.351 e. The monoisotopic (exact) mass is 577 g/mol. The summed E-state index contributed by atoms with van der Waals surface area (Å²) in [5, 5.41) is 4.22. The van der Waals surface area contributed by atoms with Crippen molar-refractivity contribution < 1.29 is 14.0 Å². The fraction of sp³-hybridized carbons (Fsp3) is 0.714. The van der Waals surface area contributed by atoms with Crippen LogP contribution in [-0.4, -0.2) is 67.7 Å². The van der Waals surface area contributed by atoms with Crippen molar-refractivity contribution in [3.63, 3.8) is 0 Å². The fourth-order valence-electron chi connectivity index (χ4n) is 2.72. The van der Waals surface area contributed by atoms with Crippen LogP contribution in [-0.2, 0) is 14.0 Å². The second kappa shape index (κ2) is 10.7. The second-order valence-electron chi connectivity index (χ2n) is 9.93. The number of halogens is 1. The third kappa shape index (κ3) is 7.09. The van der Waals surface area contributed by atoms with Crippen molar-refractivity contribution in [3.8, 4) is 0 Å². The van der Waals surface area contributed by atoms with Crippen LogP contribution in [0, 0.1) is 3.57 Å². The Hall–Kier alpha value is -1.31. The van der Waals surface area contributed by atoms with E-state index in [0.29, 0.717) is 18.8 Å². The highest BCUT2D eigenvalue weighted by atomic mass is 127. The van der Waals surface area contributed by atoms with Gasteiger partial charge in [-0.2, -0.15) is 4.98 Å². The van der Waals surface area contributed by atoms with Gasteiger partial charge in [0.15, 0.2) is 20.2 Å². The molecule has 1 aliphatic heterocycles. The van der Waals surface area contributed by atoms with Gasteiger partial charge in [-0.25, -0.2) is 9.79 Å². The third-order valence-electron chi connectivity index (χ3n) is 5.58. The molecule has 1 aromatic rings. The number of hydrogen-bond acceptors (Lipinski definition) is 7. The van der Waals surface area contributed by atoms with E-state index in [1.807, 2.05) is 27.9 Å². The maximum atomic E-state index is 12.7. The zero-order valence-electron chi connectivity index (χ0n) is 20.5. The van der Waals surface area contributed by atoms with Gasteiger partial charge in [0.05, 0.1) is 22.2 Å². The van der Waals surface area contributed by atoms with Crippen LogP contribution >= 0.6 is 22.6 Å². The summed E-state index contributed by atoms with van der Waals surface area (Å²) in [5.41, 5.74) is 0.398. The van der Waals surface area contributed by atoms with Crippen LogP contribution in [0.15, 0.2) is 21.1 Å². The van der Waals surface area contributed by atoms with Crippen molar-refractivity contribution in [2.45, 2.75) is 77.6 Å². The molecule has 0 radical (unpaired) electrons. The molecule has 11 heteroatoms. The predicted molar refractivity (Wildman–Crippen MR) is 138 cm³/mol. The van der Waals surface area contributed by atoms with E-state index in [1.54, 1.807) is 17.4 Å². The SMILES string of the molecule is CC(C)=NO[C@@H]1C[C@H](n2cc(I)c(/N=C/N(C)C)nc2=O)O[C@@H]1CO[Si](C)(C)C(C)(C)C. The van der Waals surface area contributed by atoms with Crippen LogP contribution in [0.2, 0.25) is 18.1 Å². The lowest BCUT2D eigenvalue weighted by molar-refractivity contribution is -0.0591. The van der Waals surface area contributed by atoms with Gasteiger partial charge in [0.25, 0.3) is 0 Å². The molecule has 32 heavy (non-hydrogen) atoms. The average molecular weight is 578 g/mol. The Morgan fingerprint density at radius 2 is 2.06 bits per heavy atom. The fourth-order valence-corrected chi connectivity index (χ4v) is 4.29.